The molecule has 0 fully saturated rings. The molecule has 1 heterocycles. The zero-order chi connectivity index (χ0) is 15.0. The van der Waals surface area contributed by atoms with E-state index < -0.39 is 11.4 Å². The van der Waals surface area contributed by atoms with Gasteiger partial charge in [0.25, 0.3) is 0 Å². The van der Waals surface area contributed by atoms with E-state index in [4.69, 9.17) is 0 Å². The second kappa shape index (κ2) is 4.92. The van der Waals surface area contributed by atoms with E-state index in [1.54, 1.807) is 20.8 Å². The molecule has 0 aliphatic carbocycles. The predicted octanol–water partition coefficient (Wildman–Crippen LogP) is 3.12. The molecule has 0 saturated heterocycles. The topological polar surface area (TPSA) is 79.3 Å². The van der Waals surface area contributed by atoms with E-state index in [2.05, 4.69) is 10.3 Å². The number of aromatic carboxylic acids is 1. The molecule has 0 atom stereocenters. The van der Waals surface area contributed by atoms with Crippen LogP contribution in [-0.4, -0.2) is 22.0 Å². The summed E-state index contributed by atoms with van der Waals surface area (Å²) in [6, 6.07) is 0. The Balaban J connectivity index is 3.13. The summed E-state index contributed by atoms with van der Waals surface area (Å²) in [4.78, 5) is 27.5. The first-order chi connectivity index (χ1) is 8.43. The Kier molecular flexibility index (Phi) is 4.05. The molecule has 2 N–H and O–H groups in total. The number of aromatic nitrogens is 1. The van der Waals surface area contributed by atoms with Crippen molar-refractivity contribution in [1.82, 2.24) is 4.98 Å². The molecule has 106 valence electrons. The van der Waals surface area contributed by atoms with Crippen LogP contribution in [0, 0.1) is 5.41 Å². The van der Waals surface area contributed by atoms with E-state index in [0.29, 0.717) is 10.8 Å². The monoisotopic (exact) mass is 284 g/mol. The molecule has 19 heavy (non-hydrogen) atoms. The highest BCUT2D eigenvalue weighted by atomic mass is 32.1. The fourth-order valence-corrected chi connectivity index (χ4v) is 2.32. The van der Waals surface area contributed by atoms with Crippen LogP contribution in [0.3, 0.4) is 0 Å². The van der Waals surface area contributed by atoms with Gasteiger partial charge in [0, 0.05) is 10.8 Å². The van der Waals surface area contributed by atoms with Gasteiger partial charge in [-0.25, -0.2) is 9.78 Å². The van der Waals surface area contributed by atoms with Crippen molar-refractivity contribution in [2.45, 2.75) is 47.0 Å². The molecular weight excluding hydrogens is 264 g/mol. The molecule has 0 saturated carbocycles. The van der Waals surface area contributed by atoms with E-state index in [1.165, 1.54) is 0 Å². The van der Waals surface area contributed by atoms with Gasteiger partial charge in [-0.3, -0.25) is 4.79 Å². The van der Waals surface area contributed by atoms with Crippen molar-refractivity contribution >= 4 is 28.3 Å². The minimum absolute atomic E-state index is 0.178. The average Bonchev–Trinajstić information content (AvgIpc) is 2.59. The Hall–Kier alpha value is -1.43. The number of carbonyl (C=O) groups is 2. The van der Waals surface area contributed by atoms with Crippen LogP contribution in [0.4, 0.5) is 5.13 Å². The van der Waals surface area contributed by atoms with Crippen molar-refractivity contribution in [3.63, 3.8) is 0 Å². The van der Waals surface area contributed by atoms with Crippen LogP contribution in [0.25, 0.3) is 0 Å². The summed E-state index contributed by atoms with van der Waals surface area (Å²) < 4.78 is 0. The van der Waals surface area contributed by atoms with Crippen LogP contribution in [0.5, 0.6) is 0 Å². The molecular formula is C13H20N2O3S. The van der Waals surface area contributed by atoms with E-state index in [0.717, 1.165) is 11.3 Å². The van der Waals surface area contributed by atoms with Crippen molar-refractivity contribution in [1.29, 1.82) is 0 Å². The van der Waals surface area contributed by atoms with E-state index >= 15 is 0 Å². The van der Waals surface area contributed by atoms with Gasteiger partial charge < -0.3 is 10.4 Å². The summed E-state index contributed by atoms with van der Waals surface area (Å²) in [7, 11) is 0. The van der Waals surface area contributed by atoms with Crippen LogP contribution in [-0.2, 0) is 10.2 Å². The van der Waals surface area contributed by atoms with Gasteiger partial charge in [0.2, 0.25) is 5.91 Å². The molecule has 1 aromatic heterocycles. The quantitative estimate of drug-likeness (QED) is 0.874. The molecule has 1 rings (SSSR count). The lowest BCUT2D eigenvalue weighted by Crippen LogP contribution is -2.27. The van der Waals surface area contributed by atoms with Crippen molar-refractivity contribution in [2.24, 2.45) is 5.41 Å². The standard InChI is InChI=1S/C13H20N2O3S/c1-12(2,3)8-7(9(16)17)19-11(14-8)15-10(18)13(4,5)6/h1-6H3,(H,16,17)(H,14,15,18). The number of rotatable bonds is 2. The lowest BCUT2D eigenvalue weighted by Gasteiger charge is -2.17. The number of hydrogen-bond donors (Lipinski definition) is 2. The Bertz CT molecular complexity index is 507. The first-order valence-corrected chi connectivity index (χ1v) is 6.80. The summed E-state index contributed by atoms with van der Waals surface area (Å²) in [6.45, 7) is 11.0. The summed E-state index contributed by atoms with van der Waals surface area (Å²) >= 11 is 0.996. The zero-order valence-corrected chi connectivity index (χ0v) is 12.9. The van der Waals surface area contributed by atoms with Crippen molar-refractivity contribution in [2.75, 3.05) is 5.32 Å². The number of carboxylic acid groups (broad SMARTS) is 1. The fraction of sp³-hybridized carbons (Fsp3) is 0.615. The van der Waals surface area contributed by atoms with Crippen molar-refractivity contribution in [3.05, 3.63) is 10.6 Å². The second-order valence-electron chi connectivity index (χ2n) is 6.46. The highest BCUT2D eigenvalue weighted by Gasteiger charge is 2.29. The second-order valence-corrected chi connectivity index (χ2v) is 7.46. The molecule has 0 radical (unpaired) electrons. The smallest absolute Gasteiger partial charge is 0.347 e. The molecule has 0 aliphatic rings. The van der Waals surface area contributed by atoms with Crippen molar-refractivity contribution in [3.8, 4) is 0 Å². The fourth-order valence-electron chi connectivity index (χ4n) is 1.31. The molecule has 1 aromatic rings. The Labute approximate surface area is 117 Å². The van der Waals surface area contributed by atoms with Gasteiger partial charge in [-0.15, -0.1) is 0 Å². The molecule has 0 unspecified atom stereocenters. The Morgan fingerprint density at radius 2 is 1.68 bits per heavy atom. The Morgan fingerprint density at radius 3 is 2.00 bits per heavy atom. The number of carboxylic acids is 1. The number of anilines is 1. The van der Waals surface area contributed by atoms with Crippen LogP contribution in [0.15, 0.2) is 0 Å². The predicted molar refractivity (Wildman–Crippen MR) is 75.9 cm³/mol. The van der Waals surface area contributed by atoms with Crippen LogP contribution in [0.2, 0.25) is 0 Å². The van der Waals surface area contributed by atoms with E-state index in [1.807, 2.05) is 20.8 Å². The number of nitrogens with zero attached hydrogens (tertiary/aromatic N) is 1. The maximum atomic E-state index is 11.9. The van der Waals surface area contributed by atoms with Gasteiger partial charge in [-0.2, -0.15) is 0 Å². The molecule has 6 heteroatoms. The Morgan fingerprint density at radius 1 is 1.16 bits per heavy atom. The van der Waals surface area contributed by atoms with Crippen LogP contribution < -0.4 is 5.32 Å². The number of hydrogen-bond acceptors (Lipinski definition) is 4. The first kappa shape index (κ1) is 15.6. The number of amides is 1. The maximum Gasteiger partial charge on any atom is 0.347 e. The van der Waals surface area contributed by atoms with E-state index in [-0.39, 0.29) is 16.2 Å². The lowest BCUT2D eigenvalue weighted by molar-refractivity contribution is -0.123. The SMILES string of the molecule is CC(C)(C)C(=O)Nc1nc(C(C)(C)C)c(C(=O)O)s1. The molecule has 1 amide bonds. The normalized spacial score (nSPS) is 12.3. The summed E-state index contributed by atoms with van der Waals surface area (Å²) in [5.74, 6) is -1.20. The zero-order valence-electron chi connectivity index (χ0n) is 12.1. The van der Waals surface area contributed by atoms with Crippen LogP contribution >= 0.6 is 11.3 Å². The van der Waals surface area contributed by atoms with Gasteiger partial charge in [-0.1, -0.05) is 52.9 Å². The largest absolute Gasteiger partial charge is 0.477 e. The third kappa shape index (κ3) is 3.76. The summed E-state index contributed by atoms with van der Waals surface area (Å²) in [6.07, 6.45) is 0. The first-order valence-electron chi connectivity index (χ1n) is 5.99. The number of nitrogens with one attached hydrogen (secondary N) is 1. The highest BCUT2D eigenvalue weighted by Crippen LogP contribution is 2.32. The van der Waals surface area contributed by atoms with Gasteiger partial charge in [-0.05, 0) is 0 Å². The molecule has 0 bridgehead atoms. The minimum atomic E-state index is -1.02. The van der Waals surface area contributed by atoms with Gasteiger partial charge in [0.15, 0.2) is 5.13 Å². The van der Waals surface area contributed by atoms with Gasteiger partial charge >= 0.3 is 5.97 Å². The van der Waals surface area contributed by atoms with Gasteiger partial charge in [0.05, 0.1) is 5.69 Å². The number of carbonyl (C=O) groups excluding carboxylic acids is 1. The third-order valence-corrected chi connectivity index (χ3v) is 3.39. The molecule has 0 aliphatic heterocycles. The lowest BCUT2D eigenvalue weighted by atomic mass is 9.91. The number of thiazole rings is 1. The highest BCUT2D eigenvalue weighted by molar-refractivity contribution is 7.17. The van der Waals surface area contributed by atoms with E-state index in [9.17, 15) is 14.7 Å². The van der Waals surface area contributed by atoms with Gasteiger partial charge in [0.1, 0.15) is 4.88 Å². The maximum absolute atomic E-state index is 11.9. The summed E-state index contributed by atoms with van der Waals surface area (Å²) in [5.41, 5.74) is -0.430. The summed E-state index contributed by atoms with van der Waals surface area (Å²) in [5, 5.41) is 12.2. The van der Waals surface area contributed by atoms with Crippen molar-refractivity contribution < 1.29 is 14.7 Å². The average molecular weight is 284 g/mol. The molecule has 5 nitrogen and oxygen atoms in total. The molecule has 0 spiro atoms. The molecule has 0 aromatic carbocycles. The minimum Gasteiger partial charge on any atom is -0.477 e. The third-order valence-electron chi connectivity index (χ3n) is 2.43. The van der Waals surface area contributed by atoms with Crippen LogP contribution in [0.1, 0.15) is 56.9 Å².